The summed E-state index contributed by atoms with van der Waals surface area (Å²) in [7, 11) is -1.83. The highest BCUT2D eigenvalue weighted by Crippen LogP contribution is 2.27. The van der Waals surface area contributed by atoms with Gasteiger partial charge in [-0.25, -0.2) is 13.4 Å². The number of hydrogen-bond acceptors (Lipinski definition) is 9. The first-order valence-corrected chi connectivity index (χ1v) is 10.7. The summed E-state index contributed by atoms with van der Waals surface area (Å²) >= 11 is 1.22. The molecule has 0 bridgehead atoms. The molecule has 0 spiro atoms. The molecule has 0 saturated carbocycles. The Kier molecular flexibility index (Phi) is 7.79. The summed E-state index contributed by atoms with van der Waals surface area (Å²) in [5.41, 5.74) is 6.58. The lowest BCUT2D eigenvalue weighted by atomic mass is 10.1. The van der Waals surface area contributed by atoms with Crippen LogP contribution in [0.4, 0.5) is 10.8 Å². The average molecular weight is 439 g/mol. The van der Waals surface area contributed by atoms with Gasteiger partial charge in [0.15, 0.2) is 16.6 Å². The van der Waals surface area contributed by atoms with Gasteiger partial charge in [0.2, 0.25) is 0 Å². The molecule has 29 heavy (non-hydrogen) atoms. The van der Waals surface area contributed by atoms with Crippen molar-refractivity contribution in [3.05, 3.63) is 59.6 Å². The second-order valence-corrected chi connectivity index (χ2v) is 8.41. The van der Waals surface area contributed by atoms with Crippen LogP contribution in [-0.2, 0) is 10.0 Å². The molecule has 9 nitrogen and oxygen atoms in total. The minimum atomic E-state index is -3.56. The molecule has 0 fully saturated rings. The highest BCUT2D eigenvalue weighted by molar-refractivity contribution is 7.93. The van der Waals surface area contributed by atoms with E-state index in [1.807, 2.05) is 0 Å². The molecule has 2 aromatic carbocycles. The van der Waals surface area contributed by atoms with E-state index in [2.05, 4.69) is 15.0 Å². The summed E-state index contributed by atoms with van der Waals surface area (Å²) in [6.45, 7) is 0.407. The van der Waals surface area contributed by atoms with Crippen LogP contribution in [0.1, 0.15) is 11.7 Å². The molecule has 0 saturated heterocycles. The van der Waals surface area contributed by atoms with Gasteiger partial charge in [0.25, 0.3) is 10.0 Å². The van der Waals surface area contributed by atoms with Crippen LogP contribution in [0.3, 0.4) is 0 Å². The lowest BCUT2D eigenvalue weighted by molar-refractivity contribution is 0.177. The Balaban J connectivity index is 0.000000212. The molecule has 3 aromatic rings. The Hall–Kier alpha value is -2.86. The summed E-state index contributed by atoms with van der Waals surface area (Å²) in [5, 5.41) is 32.5. The maximum atomic E-state index is 11.8. The summed E-state index contributed by atoms with van der Waals surface area (Å²) in [6.07, 6.45) is 0.863. The first-order chi connectivity index (χ1) is 13.7. The molecule has 3 rings (SSSR count). The highest BCUT2D eigenvalue weighted by atomic mass is 32.2. The second-order valence-electron chi connectivity index (χ2n) is 5.83. The van der Waals surface area contributed by atoms with Gasteiger partial charge in [0.1, 0.15) is 0 Å². The van der Waals surface area contributed by atoms with Crippen LogP contribution in [-0.4, -0.2) is 42.3 Å². The van der Waals surface area contributed by atoms with Gasteiger partial charge < -0.3 is 26.4 Å². The van der Waals surface area contributed by atoms with E-state index < -0.39 is 16.1 Å². The summed E-state index contributed by atoms with van der Waals surface area (Å²) in [6, 6.07) is 10.2. The van der Waals surface area contributed by atoms with E-state index in [1.165, 1.54) is 53.9 Å². The van der Waals surface area contributed by atoms with Crippen molar-refractivity contribution in [2.75, 3.05) is 24.0 Å². The van der Waals surface area contributed by atoms with Gasteiger partial charge in [-0.3, -0.25) is 4.72 Å². The smallest absolute Gasteiger partial charge is 0.263 e. The van der Waals surface area contributed by atoms with Crippen molar-refractivity contribution < 1.29 is 23.7 Å². The van der Waals surface area contributed by atoms with Crippen molar-refractivity contribution in [3.8, 4) is 11.5 Å². The summed E-state index contributed by atoms with van der Waals surface area (Å²) in [5.74, 6) is -0.395. The fourth-order valence-corrected chi connectivity index (χ4v) is 3.94. The van der Waals surface area contributed by atoms with Gasteiger partial charge in [-0.1, -0.05) is 6.07 Å². The molecule has 7 N–H and O–H groups in total. The van der Waals surface area contributed by atoms with Crippen molar-refractivity contribution >= 4 is 32.2 Å². The van der Waals surface area contributed by atoms with Gasteiger partial charge in [-0.15, -0.1) is 11.3 Å². The first-order valence-electron chi connectivity index (χ1n) is 8.35. The van der Waals surface area contributed by atoms with Crippen molar-refractivity contribution in [2.24, 2.45) is 0 Å². The van der Waals surface area contributed by atoms with Crippen LogP contribution in [0, 0.1) is 0 Å². The van der Waals surface area contributed by atoms with Crippen molar-refractivity contribution in [1.82, 2.24) is 10.3 Å². The third kappa shape index (κ3) is 6.61. The zero-order valence-electron chi connectivity index (χ0n) is 15.5. The van der Waals surface area contributed by atoms with Crippen LogP contribution >= 0.6 is 11.3 Å². The van der Waals surface area contributed by atoms with E-state index in [-0.39, 0.29) is 16.4 Å². The monoisotopic (exact) mass is 438 g/mol. The number of likely N-dealkylation sites (N-methyl/N-ethyl adjacent to an activating group) is 1. The maximum Gasteiger partial charge on any atom is 0.263 e. The topological polar surface area (TPSA) is 158 Å². The lowest BCUT2D eigenvalue weighted by Crippen LogP contribution is -2.16. The van der Waals surface area contributed by atoms with Gasteiger partial charge in [-0.05, 0) is 49.0 Å². The number of aliphatic hydroxyl groups is 1. The number of phenolic OH excluding ortho intramolecular Hbond substituents is 2. The van der Waals surface area contributed by atoms with E-state index in [1.54, 1.807) is 18.5 Å². The number of phenols is 2. The number of nitrogens with one attached hydrogen (secondary N) is 2. The van der Waals surface area contributed by atoms with Gasteiger partial charge in [0.05, 0.1) is 11.0 Å². The second kappa shape index (κ2) is 10.1. The fourth-order valence-electron chi connectivity index (χ4n) is 2.15. The van der Waals surface area contributed by atoms with E-state index >= 15 is 0 Å². The number of benzene rings is 2. The minimum Gasteiger partial charge on any atom is -0.504 e. The third-order valence-corrected chi connectivity index (χ3v) is 5.80. The molecule has 156 valence electrons. The quantitative estimate of drug-likeness (QED) is 0.251. The van der Waals surface area contributed by atoms with Gasteiger partial charge >= 0.3 is 0 Å². The number of rotatable bonds is 6. The van der Waals surface area contributed by atoms with Crippen molar-refractivity contribution in [1.29, 1.82) is 0 Å². The molecule has 0 radical (unpaired) electrons. The van der Waals surface area contributed by atoms with Crippen LogP contribution < -0.4 is 15.8 Å². The molecule has 0 aliphatic carbocycles. The minimum absolute atomic E-state index is 0.164. The van der Waals surface area contributed by atoms with Crippen molar-refractivity contribution in [2.45, 2.75) is 11.0 Å². The SMILES string of the molecule is CNCC(O)c1ccc(O)c(O)c1.Nc1ccc(S(=O)(=O)Nc2nccs2)cc1. The number of hydrogen-bond donors (Lipinski definition) is 6. The Bertz CT molecular complexity index is 1010. The zero-order chi connectivity index (χ0) is 21.4. The molecule has 0 aliphatic heterocycles. The average Bonchev–Trinajstić information content (AvgIpc) is 3.17. The number of anilines is 2. The van der Waals surface area contributed by atoms with Crippen LogP contribution in [0.5, 0.6) is 11.5 Å². The van der Waals surface area contributed by atoms with Crippen LogP contribution in [0.2, 0.25) is 0 Å². The maximum absolute atomic E-state index is 11.8. The summed E-state index contributed by atoms with van der Waals surface area (Å²) < 4.78 is 26.0. The predicted molar refractivity (Wildman–Crippen MR) is 112 cm³/mol. The number of aromatic hydroxyl groups is 2. The Morgan fingerprint density at radius 1 is 1.14 bits per heavy atom. The lowest BCUT2D eigenvalue weighted by Gasteiger charge is -2.10. The molecular formula is C18H22N4O5S2. The molecule has 1 atom stereocenters. The van der Waals surface area contributed by atoms with Crippen molar-refractivity contribution in [3.63, 3.8) is 0 Å². The fraction of sp³-hybridized carbons (Fsp3) is 0.167. The molecule has 11 heteroatoms. The van der Waals surface area contributed by atoms with Gasteiger partial charge in [0, 0.05) is 23.8 Å². The van der Waals surface area contributed by atoms with E-state index in [0.717, 1.165) is 0 Å². The number of sulfonamides is 1. The first kappa shape index (κ1) is 22.4. The number of nitrogens with two attached hydrogens (primary N) is 1. The Labute approximate surface area is 172 Å². The van der Waals surface area contributed by atoms with E-state index in [0.29, 0.717) is 22.9 Å². The highest BCUT2D eigenvalue weighted by Gasteiger charge is 2.14. The number of nitrogen functional groups attached to an aromatic ring is 1. The molecule has 0 amide bonds. The van der Waals surface area contributed by atoms with E-state index in [4.69, 9.17) is 15.9 Å². The predicted octanol–water partition coefficient (Wildman–Crippen LogP) is 1.88. The normalized spacial score (nSPS) is 11.9. The number of thiazole rings is 1. The molecule has 1 heterocycles. The Morgan fingerprint density at radius 2 is 1.83 bits per heavy atom. The summed E-state index contributed by atoms with van der Waals surface area (Å²) in [4.78, 5) is 4.01. The zero-order valence-corrected chi connectivity index (χ0v) is 17.1. The molecule has 0 aliphatic rings. The molecular weight excluding hydrogens is 416 g/mol. The van der Waals surface area contributed by atoms with E-state index in [9.17, 15) is 13.5 Å². The third-order valence-electron chi connectivity index (χ3n) is 3.63. The van der Waals surface area contributed by atoms with Crippen LogP contribution in [0.15, 0.2) is 58.9 Å². The Morgan fingerprint density at radius 3 is 2.38 bits per heavy atom. The largest absolute Gasteiger partial charge is 0.504 e. The van der Waals surface area contributed by atoms with Crippen LogP contribution in [0.25, 0.3) is 0 Å². The standard InChI is InChI=1S/C9H9N3O2S2.C9H13NO3/c10-7-1-3-8(4-2-7)16(13,14)12-9-11-5-6-15-9;1-10-5-9(13)6-2-3-7(11)8(12)4-6/h1-6H,10H2,(H,11,12);2-4,9-13H,5H2,1H3. The number of aliphatic hydroxyl groups excluding tert-OH is 1. The molecule has 1 unspecified atom stereocenters. The number of nitrogens with zero attached hydrogens (tertiary/aromatic N) is 1. The van der Waals surface area contributed by atoms with Gasteiger partial charge in [-0.2, -0.15) is 0 Å². The molecule has 1 aromatic heterocycles. The number of aromatic nitrogens is 1.